The number of hydrogen-bond donors (Lipinski definition) is 2. The first-order valence-electron chi connectivity index (χ1n) is 6.65. The first-order chi connectivity index (χ1) is 9.56. The second-order valence-electron chi connectivity index (χ2n) is 4.84. The van der Waals surface area contributed by atoms with Gasteiger partial charge in [0, 0.05) is 25.4 Å². The molecule has 0 amide bonds. The third-order valence-corrected chi connectivity index (χ3v) is 3.87. The van der Waals surface area contributed by atoms with E-state index in [2.05, 4.69) is 15.5 Å². The van der Waals surface area contributed by atoms with Crippen LogP contribution in [0.25, 0.3) is 0 Å². The van der Waals surface area contributed by atoms with Gasteiger partial charge in [0.2, 0.25) is 0 Å². The number of nitrogens with zero attached hydrogens (tertiary/aromatic N) is 3. The molecule has 1 unspecified atom stereocenters. The molecule has 5 nitrogen and oxygen atoms in total. The summed E-state index contributed by atoms with van der Waals surface area (Å²) in [7, 11) is 1.90. The van der Waals surface area contributed by atoms with Crippen LogP contribution >= 0.6 is 11.6 Å². The van der Waals surface area contributed by atoms with E-state index in [9.17, 15) is 0 Å². The van der Waals surface area contributed by atoms with E-state index < -0.39 is 0 Å². The monoisotopic (exact) mass is 293 g/mol. The van der Waals surface area contributed by atoms with E-state index in [-0.39, 0.29) is 6.04 Å². The molecule has 2 aromatic heterocycles. The third-order valence-electron chi connectivity index (χ3n) is 3.44. The summed E-state index contributed by atoms with van der Waals surface area (Å²) < 4.78 is 1.83. The fraction of sp³-hybridized carbons (Fsp3) is 0.429. The molecule has 0 aromatic carbocycles. The van der Waals surface area contributed by atoms with Gasteiger partial charge in [-0.1, -0.05) is 24.6 Å². The number of hydrogen-bond acceptors (Lipinski definition) is 4. The lowest BCUT2D eigenvalue weighted by Crippen LogP contribution is -2.30. The Morgan fingerprint density at radius 2 is 2.20 bits per heavy atom. The van der Waals surface area contributed by atoms with Crippen molar-refractivity contribution >= 4 is 11.6 Å². The number of halogens is 1. The molecule has 0 aliphatic carbocycles. The van der Waals surface area contributed by atoms with Gasteiger partial charge >= 0.3 is 0 Å². The average molecular weight is 294 g/mol. The van der Waals surface area contributed by atoms with E-state index in [0.717, 1.165) is 34.1 Å². The lowest BCUT2D eigenvalue weighted by Gasteiger charge is -2.16. The second kappa shape index (κ2) is 6.35. The van der Waals surface area contributed by atoms with Crippen molar-refractivity contribution in [2.75, 3.05) is 0 Å². The molecule has 0 fully saturated rings. The zero-order valence-electron chi connectivity index (χ0n) is 12.0. The van der Waals surface area contributed by atoms with E-state index in [1.807, 2.05) is 43.9 Å². The molecule has 0 saturated carbocycles. The van der Waals surface area contributed by atoms with Crippen LogP contribution in [0.15, 0.2) is 18.3 Å². The summed E-state index contributed by atoms with van der Waals surface area (Å²) in [5.74, 6) is 5.68. The molecule has 6 heteroatoms. The molecular formula is C14H20ClN5. The molecule has 2 aromatic rings. The maximum Gasteiger partial charge on any atom is 0.0850 e. The smallest absolute Gasteiger partial charge is 0.0850 e. The van der Waals surface area contributed by atoms with Gasteiger partial charge in [-0.25, -0.2) is 0 Å². The highest BCUT2D eigenvalue weighted by atomic mass is 35.5. The lowest BCUT2D eigenvalue weighted by atomic mass is 10.0. The summed E-state index contributed by atoms with van der Waals surface area (Å²) in [4.78, 5) is 4.30. The van der Waals surface area contributed by atoms with Gasteiger partial charge in [0.1, 0.15) is 0 Å². The third kappa shape index (κ3) is 3.00. The fourth-order valence-electron chi connectivity index (χ4n) is 2.19. The zero-order valence-corrected chi connectivity index (χ0v) is 12.8. The molecule has 108 valence electrons. The van der Waals surface area contributed by atoms with Crippen LogP contribution in [0.5, 0.6) is 0 Å². The molecule has 2 rings (SSSR count). The molecule has 20 heavy (non-hydrogen) atoms. The van der Waals surface area contributed by atoms with Crippen molar-refractivity contribution in [1.82, 2.24) is 20.2 Å². The van der Waals surface area contributed by atoms with E-state index in [4.69, 9.17) is 17.4 Å². The number of rotatable bonds is 5. The molecule has 0 aliphatic rings. The van der Waals surface area contributed by atoms with Gasteiger partial charge < -0.3 is 0 Å². The Morgan fingerprint density at radius 3 is 2.70 bits per heavy atom. The summed E-state index contributed by atoms with van der Waals surface area (Å²) in [6, 6.07) is 3.96. The predicted octanol–water partition coefficient (Wildman–Crippen LogP) is 2.09. The number of pyridine rings is 1. The Hall–Kier alpha value is -1.43. The number of nitrogens with two attached hydrogens (primary N) is 1. The van der Waals surface area contributed by atoms with E-state index in [0.29, 0.717) is 6.42 Å². The standard InChI is InChI=1S/C14H20ClN5/c1-4-11-14(15)13(20(3)19-11)7-12(18-16)10-6-5-9(2)17-8-10/h5-6,8,12,18H,4,7,16H2,1-3H3. The first kappa shape index (κ1) is 15.0. The van der Waals surface area contributed by atoms with Crippen molar-refractivity contribution in [1.29, 1.82) is 0 Å². The highest BCUT2D eigenvalue weighted by Gasteiger charge is 2.18. The number of hydrazine groups is 1. The minimum atomic E-state index is -0.0410. The van der Waals surface area contributed by atoms with E-state index in [1.54, 1.807) is 0 Å². The van der Waals surface area contributed by atoms with Crippen molar-refractivity contribution in [2.24, 2.45) is 12.9 Å². The Balaban J connectivity index is 2.26. The quantitative estimate of drug-likeness (QED) is 0.654. The SMILES string of the molecule is CCc1nn(C)c(CC(NN)c2ccc(C)nc2)c1Cl. The molecule has 0 bridgehead atoms. The van der Waals surface area contributed by atoms with Crippen LogP contribution in [0.1, 0.15) is 35.6 Å². The number of aryl methyl sites for hydroxylation is 3. The van der Waals surface area contributed by atoms with Gasteiger partial charge in [-0.2, -0.15) is 5.10 Å². The highest BCUT2D eigenvalue weighted by molar-refractivity contribution is 6.31. The van der Waals surface area contributed by atoms with Gasteiger partial charge in [0.05, 0.1) is 22.5 Å². The van der Waals surface area contributed by atoms with Gasteiger partial charge in [-0.3, -0.25) is 20.9 Å². The second-order valence-corrected chi connectivity index (χ2v) is 5.22. The van der Waals surface area contributed by atoms with Gasteiger partial charge in [-0.05, 0) is 25.0 Å². The van der Waals surface area contributed by atoms with Crippen LogP contribution in [0.4, 0.5) is 0 Å². The van der Waals surface area contributed by atoms with Crippen molar-refractivity contribution in [3.63, 3.8) is 0 Å². The van der Waals surface area contributed by atoms with Crippen molar-refractivity contribution in [3.8, 4) is 0 Å². The van der Waals surface area contributed by atoms with Crippen LogP contribution in [0, 0.1) is 6.92 Å². The largest absolute Gasteiger partial charge is 0.271 e. The van der Waals surface area contributed by atoms with Crippen LogP contribution in [-0.4, -0.2) is 14.8 Å². The van der Waals surface area contributed by atoms with E-state index >= 15 is 0 Å². The van der Waals surface area contributed by atoms with Crippen LogP contribution < -0.4 is 11.3 Å². The molecule has 1 atom stereocenters. The summed E-state index contributed by atoms with van der Waals surface area (Å²) in [5.41, 5.74) is 6.74. The van der Waals surface area contributed by atoms with Crippen molar-refractivity contribution in [2.45, 2.75) is 32.7 Å². The number of nitrogens with one attached hydrogen (secondary N) is 1. The molecule has 3 N–H and O–H groups in total. The van der Waals surface area contributed by atoms with Crippen molar-refractivity contribution < 1.29 is 0 Å². The molecule has 0 radical (unpaired) electrons. The zero-order chi connectivity index (χ0) is 14.7. The van der Waals surface area contributed by atoms with Gasteiger partial charge in [-0.15, -0.1) is 0 Å². The topological polar surface area (TPSA) is 68.8 Å². The van der Waals surface area contributed by atoms with Crippen LogP contribution in [0.2, 0.25) is 5.02 Å². The molecule has 2 heterocycles. The normalized spacial score (nSPS) is 12.7. The predicted molar refractivity (Wildman–Crippen MR) is 80.3 cm³/mol. The Labute approximate surface area is 124 Å². The lowest BCUT2D eigenvalue weighted by molar-refractivity contribution is 0.528. The minimum Gasteiger partial charge on any atom is -0.271 e. The molecule has 0 aliphatic heterocycles. The average Bonchev–Trinajstić information content (AvgIpc) is 2.72. The fourth-order valence-corrected chi connectivity index (χ4v) is 2.56. The molecule has 0 spiro atoms. The first-order valence-corrected chi connectivity index (χ1v) is 7.03. The molecular weight excluding hydrogens is 274 g/mol. The highest BCUT2D eigenvalue weighted by Crippen LogP contribution is 2.25. The summed E-state index contributed by atoms with van der Waals surface area (Å²) >= 11 is 6.38. The van der Waals surface area contributed by atoms with Crippen LogP contribution in [-0.2, 0) is 19.9 Å². The summed E-state index contributed by atoms with van der Waals surface area (Å²) in [6.07, 6.45) is 3.33. The van der Waals surface area contributed by atoms with Crippen molar-refractivity contribution in [3.05, 3.63) is 46.0 Å². The number of aromatic nitrogens is 3. The maximum atomic E-state index is 6.38. The Morgan fingerprint density at radius 1 is 1.45 bits per heavy atom. The summed E-state index contributed by atoms with van der Waals surface area (Å²) in [6.45, 7) is 4.00. The Bertz CT molecular complexity index is 576. The summed E-state index contributed by atoms with van der Waals surface area (Å²) in [5, 5.41) is 5.16. The maximum absolute atomic E-state index is 6.38. The van der Waals surface area contributed by atoms with Gasteiger partial charge in [0.25, 0.3) is 0 Å². The minimum absolute atomic E-state index is 0.0410. The van der Waals surface area contributed by atoms with Crippen LogP contribution in [0.3, 0.4) is 0 Å². The van der Waals surface area contributed by atoms with Gasteiger partial charge in [0.15, 0.2) is 0 Å². The molecule has 0 saturated heterocycles. The van der Waals surface area contributed by atoms with E-state index in [1.165, 1.54) is 0 Å². The Kier molecular flexibility index (Phi) is 4.75.